The predicted octanol–water partition coefficient (Wildman–Crippen LogP) is 1.74. The van der Waals surface area contributed by atoms with E-state index in [2.05, 4.69) is 10.9 Å². The number of halogens is 1. The molecule has 0 saturated carbocycles. The zero-order chi connectivity index (χ0) is 17.4. The monoisotopic (exact) mass is 332 g/mol. The molecule has 2 aromatic carbocycles. The van der Waals surface area contributed by atoms with E-state index in [0.29, 0.717) is 11.5 Å². The molecule has 0 radical (unpaired) electrons. The van der Waals surface area contributed by atoms with Crippen molar-refractivity contribution in [1.29, 1.82) is 0 Å². The molecular formula is C17H17FN2O4. The highest BCUT2D eigenvalue weighted by atomic mass is 19.1. The lowest BCUT2D eigenvalue weighted by molar-refractivity contribution is -0.131. The lowest BCUT2D eigenvalue weighted by Crippen LogP contribution is -2.45. The number of aryl methyl sites for hydroxylation is 1. The van der Waals surface area contributed by atoms with Gasteiger partial charge in [0.2, 0.25) is 0 Å². The van der Waals surface area contributed by atoms with Crippen molar-refractivity contribution in [1.82, 2.24) is 10.9 Å². The maximum Gasteiger partial charge on any atom is 0.276 e. The molecule has 2 N–H and O–H groups in total. The second-order valence-electron chi connectivity index (χ2n) is 4.94. The number of ether oxygens (including phenoxy) is 2. The Kier molecular flexibility index (Phi) is 6.13. The summed E-state index contributed by atoms with van der Waals surface area (Å²) in [5.74, 6) is -0.542. The van der Waals surface area contributed by atoms with Crippen LogP contribution in [0.3, 0.4) is 0 Å². The summed E-state index contributed by atoms with van der Waals surface area (Å²) in [6.07, 6.45) is 0. The predicted molar refractivity (Wildman–Crippen MR) is 84.9 cm³/mol. The van der Waals surface area contributed by atoms with Crippen molar-refractivity contribution < 1.29 is 23.5 Å². The van der Waals surface area contributed by atoms with Crippen LogP contribution in [0.4, 0.5) is 4.39 Å². The second kappa shape index (κ2) is 8.52. The molecule has 0 fully saturated rings. The van der Waals surface area contributed by atoms with Crippen LogP contribution in [-0.2, 0) is 9.59 Å². The van der Waals surface area contributed by atoms with Gasteiger partial charge in [-0.3, -0.25) is 20.4 Å². The average Bonchev–Trinajstić information content (AvgIpc) is 2.57. The molecule has 2 rings (SSSR count). The summed E-state index contributed by atoms with van der Waals surface area (Å²) in [4.78, 5) is 23.1. The summed E-state index contributed by atoms with van der Waals surface area (Å²) < 4.78 is 23.1. The minimum atomic E-state index is -0.553. The van der Waals surface area contributed by atoms with Crippen LogP contribution in [0.25, 0.3) is 0 Å². The molecule has 0 unspecified atom stereocenters. The maximum absolute atomic E-state index is 12.7. The van der Waals surface area contributed by atoms with Gasteiger partial charge < -0.3 is 9.47 Å². The van der Waals surface area contributed by atoms with Crippen LogP contribution in [0.2, 0.25) is 0 Å². The fourth-order valence-corrected chi connectivity index (χ4v) is 1.75. The molecule has 0 bridgehead atoms. The molecular weight excluding hydrogens is 315 g/mol. The normalized spacial score (nSPS) is 9.92. The molecule has 2 aromatic rings. The van der Waals surface area contributed by atoms with Gasteiger partial charge in [0.25, 0.3) is 11.8 Å². The fraction of sp³-hybridized carbons (Fsp3) is 0.176. The van der Waals surface area contributed by atoms with Crippen molar-refractivity contribution in [3.05, 3.63) is 59.9 Å². The van der Waals surface area contributed by atoms with Crippen molar-refractivity contribution in [3.63, 3.8) is 0 Å². The molecule has 2 amide bonds. The minimum Gasteiger partial charge on any atom is -0.484 e. The Labute approximate surface area is 138 Å². The molecule has 6 nitrogen and oxygen atoms in total. The van der Waals surface area contributed by atoms with E-state index in [9.17, 15) is 14.0 Å². The number of carbonyl (C=O) groups is 2. The fourth-order valence-electron chi connectivity index (χ4n) is 1.75. The van der Waals surface area contributed by atoms with Gasteiger partial charge in [0.05, 0.1) is 0 Å². The van der Waals surface area contributed by atoms with Gasteiger partial charge in [-0.15, -0.1) is 0 Å². The van der Waals surface area contributed by atoms with Crippen LogP contribution < -0.4 is 20.3 Å². The lowest BCUT2D eigenvalue weighted by atomic mass is 10.2. The van der Waals surface area contributed by atoms with E-state index in [-0.39, 0.29) is 13.2 Å². The standard InChI is InChI=1S/C17H17FN2O4/c1-12-3-2-4-15(9-12)24-11-17(22)20-19-16(21)10-23-14-7-5-13(18)6-8-14/h2-9H,10-11H2,1H3,(H,19,21)(H,20,22). The van der Waals surface area contributed by atoms with Gasteiger partial charge in [0, 0.05) is 0 Å². The summed E-state index contributed by atoms with van der Waals surface area (Å²) in [6.45, 7) is 1.36. The van der Waals surface area contributed by atoms with E-state index < -0.39 is 17.6 Å². The first kappa shape index (κ1) is 17.3. The molecule has 126 valence electrons. The van der Waals surface area contributed by atoms with E-state index in [4.69, 9.17) is 9.47 Å². The van der Waals surface area contributed by atoms with E-state index in [1.165, 1.54) is 24.3 Å². The molecule has 0 saturated heterocycles. The number of carbonyl (C=O) groups excluding carboxylic acids is 2. The van der Waals surface area contributed by atoms with Crippen LogP contribution in [0.15, 0.2) is 48.5 Å². The summed E-state index contributed by atoms with van der Waals surface area (Å²) in [7, 11) is 0. The van der Waals surface area contributed by atoms with Crippen LogP contribution in [0, 0.1) is 12.7 Å². The Morgan fingerprint density at radius 3 is 2.08 bits per heavy atom. The van der Waals surface area contributed by atoms with Crippen molar-refractivity contribution in [2.45, 2.75) is 6.92 Å². The summed E-state index contributed by atoms with van der Waals surface area (Å²) in [6, 6.07) is 12.5. The quantitative estimate of drug-likeness (QED) is 0.790. The topological polar surface area (TPSA) is 76.7 Å². The van der Waals surface area contributed by atoms with Crippen LogP contribution in [0.1, 0.15) is 5.56 Å². The van der Waals surface area contributed by atoms with Crippen molar-refractivity contribution in [2.75, 3.05) is 13.2 Å². The molecule has 0 atom stereocenters. The van der Waals surface area contributed by atoms with Gasteiger partial charge in [-0.25, -0.2) is 4.39 Å². The van der Waals surface area contributed by atoms with Gasteiger partial charge >= 0.3 is 0 Å². The van der Waals surface area contributed by atoms with E-state index >= 15 is 0 Å². The Hall–Kier alpha value is -3.09. The zero-order valence-corrected chi connectivity index (χ0v) is 13.0. The zero-order valence-electron chi connectivity index (χ0n) is 13.0. The van der Waals surface area contributed by atoms with Crippen molar-refractivity contribution in [3.8, 4) is 11.5 Å². The Bertz CT molecular complexity index is 704. The number of benzene rings is 2. The SMILES string of the molecule is Cc1cccc(OCC(=O)NNC(=O)COc2ccc(F)cc2)c1. The molecule has 0 spiro atoms. The smallest absolute Gasteiger partial charge is 0.276 e. The van der Waals surface area contributed by atoms with Crippen LogP contribution in [-0.4, -0.2) is 25.0 Å². The highest BCUT2D eigenvalue weighted by Gasteiger charge is 2.07. The van der Waals surface area contributed by atoms with Crippen LogP contribution in [0.5, 0.6) is 11.5 Å². The first-order valence-corrected chi connectivity index (χ1v) is 7.18. The summed E-state index contributed by atoms with van der Waals surface area (Å²) >= 11 is 0. The Balaban J connectivity index is 1.65. The number of hydrogen-bond donors (Lipinski definition) is 2. The van der Waals surface area contributed by atoms with E-state index in [0.717, 1.165) is 5.56 Å². The number of rotatable bonds is 6. The first-order chi connectivity index (χ1) is 11.5. The third kappa shape index (κ3) is 5.96. The number of amides is 2. The number of nitrogens with one attached hydrogen (secondary N) is 2. The molecule has 0 aliphatic heterocycles. The Morgan fingerprint density at radius 2 is 1.50 bits per heavy atom. The molecule has 0 heterocycles. The van der Waals surface area contributed by atoms with Crippen molar-refractivity contribution in [2.24, 2.45) is 0 Å². The third-order valence-corrected chi connectivity index (χ3v) is 2.88. The third-order valence-electron chi connectivity index (χ3n) is 2.88. The average molecular weight is 332 g/mol. The van der Waals surface area contributed by atoms with E-state index in [1.807, 2.05) is 19.1 Å². The molecule has 24 heavy (non-hydrogen) atoms. The summed E-state index contributed by atoms with van der Waals surface area (Å²) in [5.41, 5.74) is 5.42. The molecule has 0 aliphatic carbocycles. The van der Waals surface area contributed by atoms with Gasteiger partial charge in [-0.05, 0) is 48.9 Å². The van der Waals surface area contributed by atoms with Gasteiger partial charge in [-0.1, -0.05) is 12.1 Å². The second-order valence-corrected chi connectivity index (χ2v) is 4.94. The van der Waals surface area contributed by atoms with Crippen LogP contribution >= 0.6 is 0 Å². The Morgan fingerprint density at radius 1 is 0.917 bits per heavy atom. The maximum atomic E-state index is 12.7. The minimum absolute atomic E-state index is 0.234. The molecule has 0 aromatic heterocycles. The molecule has 7 heteroatoms. The van der Waals surface area contributed by atoms with Gasteiger partial charge in [-0.2, -0.15) is 0 Å². The van der Waals surface area contributed by atoms with Gasteiger partial charge in [0.15, 0.2) is 13.2 Å². The highest BCUT2D eigenvalue weighted by Crippen LogP contribution is 2.12. The lowest BCUT2D eigenvalue weighted by Gasteiger charge is -2.10. The summed E-state index contributed by atoms with van der Waals surface area (Å²) in [5, 5.41) is 0. The number of hydrogen-bond acceptors (Lipinski definition) is 4. The number of hydrazine groups is 1. The first-order valence-electron chi connectivity index (χ1n) is 7.18. The molecule has 0 aliphatic rings. The van der Waals surface area contributed by atoms with E-state index in [1.54, 1.807) is 12.1 Å². The largest absolute Gasteiger partial charge is 0.484 e. The van der Waals surface area contributed by atoms with Crippen molar-refractivity contribution >= 4 is 11.8 Å². The highest BCUT2D eigenvalue weighted by molar-refractivity contribution is 5.83. The van der Waals surface area contributed by atoms with Gasteiger partial charge in [0.1, 0.15) is 17.3 Å².